The second-order valence-corrected chi connectivity index (χ2v) is 6.97. The highest BCUT2D eigenvalue weighted by Gasteiger charge is 2.25. The van der Waals surface area contributed by atoms with Crippen molar-refractivity contribution >= 4 is 17.9 Å². The van der Waals surface area contributed by atoms with E-state index in [0.29, 0.717) is 18.3 Å². The fourth-order valence-electron chi connectivity index (χ4n) is 3.13. The average Bonchev–Trinajstić information content (AvgIpc) is 3.08. The number of hydrogen-bond acceptors (Lipinski definition) is 4. The first-order chi connectivity index (χ1) is 14.1. The number of nitrogens with zero attached hydrogens (tertiary/aromatic N) is 1. The van der Waals surface area contributed by atoms with Crippen LogP contribution in [0.5, 0.6) is 5.75 Å². The minimum Gasteiger partial charge on any atom is -0.488 e. The summed E-state index contributed by atoms with van der Waals surface area (Å²) in [5.41, 5.74) is 5.02. The molecule has 0 atom stereocenters. The topological polar surface area (TPSA) is 47.9 Å². The van der Waals surface area contributed by atoms with Crippen molar-refractivity contribution in [2.24, 2.45) is 4.99 Å². The van der Waals surface area contributed by atoms with E-state index in [2.05, 4.69) is 4.99 Å². The van der Waals surface area contributed by atoms with Crippen molar-refractivity contribution in [2.45, 2.75) is 20.5 Å². The van der Waals surface area contributed by atoms with Crippen LogP contribution < -0.4 is 4.74 Å². The van der Waals surface area contributed by atoms with Crippen LogP contribution >= 0.6 is 0 Å². The van der Waals surface area contributed by atoms with Gasteiger partial charge in [0.2, 0.25) is 5.90 Å². The molecule has 0 N–H and O–H groups in total. The Kier molecular flexibility index (Phi) is 5.25. The van der Waals surface area contributed by atoms with Gasteiger partial charge in [0, 0.05) is 11.1 Å². The Hall–Kier alpha value is -3.66. The van der Waals surface area contributed by atoms with E-state index < -0.39 is 5.97 Å². The highest BCUT2D eigenvalue weighted by Crippen LogP contribution is 2.27. The Morgan fingerprint density at radius 3 is 2.52 bits per heavy atom. The maximum atomic E-state index is 12.4. The van der Waals surface area contributed by atoms with E-state index in [0.717, 1.165) is 27.8 Å². The van der Waals surface area contributed by atoms with Gasteiger partial charge < -0.3 is 9.47 Å². The number of hydrogen-bond donors (Lipinski definition) is 0. The summed E-state index contributed by atoms with van der Waals surface area (Å²) in [6.45, 7) is 4.41. The molecule has 0 spiro atoms. The van der Waals surface area contributed by atoms with Crippen LogP contribution in [-0.2, 0) is 16.1 Å². The summed E-state index contributed by atoms with van der Waals surface area (Å²) in [6, 6.07) is 23.5. The Morgan fingerprint density at radius 1 is 0.966 bits per heavy atom. The third-order valence-electron chi connectivity index (χ3n) is 4.69. The molecule has 3 aromatic rings. The smallest absolute Gasteiger partial charge is 0.363 e. The molecular weight excluding hydrogens is 362 g/mol. The molecule has 1 heterocycles. The maximum Gasteiger partial charge on any atom is 0.363 e. The highest BCUT2D eigenvalue weighted by atomic mass is 16.6. The molecule has 0 aliphatic carbocycles. The number of carbonyl (C=O) groups is 1. The highest BCUT2D eigenvalue weighted by molar-refractivity contribution is 6.13. The second-order valence-electron chi connectivity index (χ2n) is 6.97. The molecule has 0 fully saturated rings. The first-order valence-electron chi connectivity index (χ1n) is 9.46. The van der Waals surface area contributed by atoms with Gasteiger partial charge in [-0.05, 0) is 49.2 Å². The van der Waals surface area contributed by atoms with Gasteiger partial charge in [-0.15, -0.1) is 0 Å². The van der Waals surface area contributed by atoms with Gasteiger partial charge in [0.05, 0.1) is 0 Å². The summed E-state index contributed by atoms with van der Waals surface area (Å²) in [5.74, 6) is 0.567. The first-order valence-corrected chi connectivity index (χ1v) is 9.46. The zero-order valence-electron chi connectivity index (χ0n) is 16.4. The second kappa shape index (κ2) is 8.15. The number of rotatable bonds is 5. The molecule has 4 rings (SSSR count). The van der Waals surface area contributed by atoms with Crippen molar-refractivity contribution in [1.82, 2.24) is 0 Å². The van der Waals surface area contributed by atoms with Gasteiger partial charge in [0.1, 0.15) is 12.4 Å². The van der Waals surface area contributed by atoms with Crippen LogP contribution in [0.15, 0.2) is 83.5 Å². The molecule has 0 aromatic heterocycles. The zero-order chi connectivity index (χ0) is 20.2. The summed E-state index contributed by atoms with van der Waals surface area (Å²) in [7, 11) is 0. The van der Waals surface area contributed by atoms with Gasteiger partial charge in [-0.3, -0.25) is 0 Å². The molecule has 4 nitrogen and oxygen atoms in total. The lowest BCUT2D eigenvalue weighted by Crippen LogP contribution is -2.06. The Morgan fingerprint density at radius 2 is 1.72 bits per heavy atom. The molecule has 0 unspecified atom stereocenters. The Balaban J connectivity index is 1.64. The quantitative estimate of drug-likeness (QED) is 0.448. The van der Waals surface area contributed by atoms with Gasteiger partial charge in [-0.1, -0.05) is 60.2 Å². The van der Waals surface area contributed by atoms with Crippen LogP contribution in [0.25, 0.3) is 6.08 Å². The maximum absolute atomic E-state index is 12.4. The van der Waals surface area contributed by atoms with Crippen LogP contribution in [-0.4, -0.2) is 11.9 Å². The monoisotopic (exact) mass is 383 g/mol. The van der Waals surface area contributed by atoms with Crippen molar-refractivity contribution in [3.8, 4) is 5.75 Å². The average molecular weight is 383 g/mol. The lowest BCUT2D eigenvalue weighted by atomic mass is 10.1. The molecule has 0 radical (unpaired) electrons. The molecule has 0 saturated heterocycles. The van der Waals surface area contributed by atoms with E-state index in [1.807, 2.05) is 86.6 Å². The van der Waals surface area contributed by atoms with E-state index in [-0.39, 0.29) is 5.70 Å². The normalized spacial score (nSPS) is 14.6. The van der Waals surface area contributed by atoms with Crippen molar-refractivity contribution < 1.29 is 14.3 Å². The SMILES string of the molecule is Cc1ccc(OCc2ccccc2)c(/C=C2/N=C(c3ccccc3C)OC2=O)c1. The number of carbonyl (C=O) groups excluding carboxylic acids is 1. The molecule has 1 aliphatic heterocycles. The van der Waals surface area contributed by atoms with Crippen LogP contribution in [0.1, 0.15) is 27.8 Å². The lowest BCUT2D eigenvalue weighted by Gasteiger charge is -2.10. The third-order valence-corrected chi connectivity index (χ3v) is 4.69. The summed E-state index contributed by atoms with van der Waals surface area (Å²) < 4.78 is 11.4. The fourth-order valence-corrected chi connectivity index (χ4v) is 3.13. The van der Waals surface area contributed by atoms with Crippen molar-refractivity contribution in [1.29, 1.82) is 0 Å². The minimum absolute atomic E-state index is 0.262. The molecule has 1 aliphatic rings. The van der Waals surface area contributed by atoms with E-state index in [1.165, 1.54) is 0 Å². The largest absolute Gasteiger partial charge is 0.488 e. The van der Waals surface area contributed by atoms with Gasteiger partial charge in [0.15, 0.2) is 5.70 Å². The summed E-state index contributed by atoms with van der Waals surface area (Å²) in [6.07, 6.45) is 1.72. The molecule has 144 valence electrons. The Labute approximate surface area is 170 Å². The van der Waals surface area contributed by atoms with E-state index in [4.69, 9.17) is 9.47 Å². The lowest BCUT2D eigenvalue weighted by molar-refractivity contribution is -0.129. The summed E-state index contributed by atoms with van der Waals surface area (Å²) in [5, 5.41) is 0. The number of esters is 1. The molecule has 0 saturated carbocycles. The predicted molar refractivity (Wildman–Crippen MR) is 114 cm³/mol. The molecule has 4 heteroatoms. The molecule has 29 heavy (non-hydrogen) atoms. The van der Waals surface area contributed by atoms with Crippen molar-refractivity contribution in [3.63, 3.8) is 0 Å². The number of cyclic esters (lactones) is 1. The molecular formula is C25H21NO3. The third kappa shape index (κ3) is 4.27. The zero-order valence-corrected chi connectivity index (χ0v) is 16.4. The van der Waals surface area contributed by atoms with Gasteiger partial charge in [0.25, 0.3) is 0 Å². The van der Waals surface area contributed by atoms with Gasteiger partial charge in [-0.25, -0.2) is 9.79 Å². The van der Waals surface area contributed by atoms with Gasteiger partial charge in [-0.2, -0.15) is 0 Å². The van der Waals surface area contributed by atoms with Crippen LogP contribution in [0.2, 0.25) is 0 Å². The van der Waals surface area contributed by atoms with Crippen LogP contribution in [0.3, 0.4) is 0 Å². The fraction of sp³-hybridized carbons (Fsp3) is 0.120. The summed E-state index contributed by atoms with van der Waals surface area (Å²) >= 11 is 0. The van der Waals surface area contributed by atoms with E-state index in [1.54, 1.807) is 6.08 Å². The Bertz CT molecular complexity index is 1110. The van der Waals surface area contributed by atoms with E-state index >= 15 is 0 Å². The minimum atomic E-state index is -0.459. The number of aryl methyl sites for hydroxylation is 2. The predicted octanol–water partition coefficient (Wildman–Crippen LogP) is 5.23. The number of benzene rings is 3. The molecule has 3 aromatic carbocycles. The van der Waals surface area contributed by atoms with Crippen molar-refractivity contribution in [2.75, 3.05) is 0 Å². The van der Waals surface area contributed by atoms with Crippen LogP contribution in [0, 0.1) is 13.8 Å². The number of aliphatic imine (C=N–C) groups is 1. The van der Waals surface area contributed by atoms with Gasteiger partial charge >= 0.3 is 5.97 Å². The van der Waals surface area contributed by atoms with E-state index in [9.17, 15) is 4.79 Å². The van der Waals surface area contributed by atoms with Crippen LogP contribution in [0.4, 0.5) is 0 Å². The molecule has 0 amide bonds. The first kappa shape index (κ1) is 18.7. The molecule has 0 bridgehead atoms. The standard InChI is InChI=1S/C25H21NO3/c1-17-12-13-23(28-16-19-9-4-3-5-10-19)20(14-17)15-22-25(27)29-24(26-22)21-11-7-6-8-18(21)2/h3-15H,16H2,1-2H3/b22-15+. The summed E-state index contributed by atoms with van der Waals surface area (Å²) in [4.78, 5) is 16.8. The van der Waals surface area contributed by atoms with Crippen molar-refractivity contribution in [3.05, 3.63) is 106 Å². The number of ether oxygens (including phenoxy) is 2.